The Kier molecular flexibility index (Phi) is 9.80. The predicted molar refractivity (Wildman–Crippen MR) is 120 cm³/mol. The largest absolute Gasteiger partial charge is 0.494 e. The first-order chi connectivity index (χ1) is 14.5. The Balaban J connectivity index is 2.02. The molecule has 0 saturated heterocycles. The molecule has 0 aromatic heterocycles. The van der Waals surface area contributed by atoms with Gasteiger partial charge in [-0.2, -0.15) is 0 Å². The highest BCUT2D eigenvalue weighted by molar-refractivity contribution is 7.80. The van der Waals surface area contributed by atoms with Crippen molar-refractivity contribution in [2.75, 3.05) is 19.8 Å². The third-order valence-electron chi connectivity index (χ3n) is 4.20. The lowest BCUT2D eigenvalue weighted by Gasteiger charge is -2.25. The average Bonchev–Trinajstić information content (AvgIpc) is 2.76. The summed E-state index contributed by atoms with van der Waals surface area (Å²) in [4.78, 5) is 26.2. The summed E-state index contributed by atoms with van der Waals surface area (Å²) in [6.45, 7) is 5.58. The molecule has 6 nitrogen and oxygen atoms in total. The molecule has 0 atom stereocenters. The number of esters is 1. The van der Waals surface area contributed by atoms with E-state index in [0.29, 0.717) is 31.9 Å². The smallest absolute Gasteiger partial charge is 0.307 e. The van der Waals surface area contributed by atoms with E-state index >= 15 is 0 Å². The zero-order valence-corrected chi connectivity index (χ0v) is 18.2. The second kappa shape index (κ2) is 12.6. The lowest BCUT2D eigenvalue weighted by atomic mass is 10.2. The zero-order valence-electron chi connectivity index (χ0n) is 17.4. The molecule has 2 rings (SSSR count). The number of thiocarbonyl (C=S) groups is 1. The number of rotatable bonds is 10. The van der Waals surface area contributed by atoms with Crippen molar-refractivity contribution >= 4 is 29.2 Å². The van der Waals surface area contributed by atoms with Gasteiger partial charge in [-0.05, 0) is 55.4 Å². The fraction of sp³-hybridized carbons (Fsp3) is 0.348. The van der Waals surface area contributed by atoms with Crippen LogP contribution in [0.5, 0.6) is 5.75 Å². The number of nitrogens with one attached hydrogen (secondary N) is 1. The monoisotopic (exact) mass is 428 g/mol. The zero-order chi connectivity index (χ0) is 21.8. The summed E-state index contributed by atoms with van der Waals surface area (Å²) in [5, 5.41) is 3.02. The molecule has 0 bridgehead atoms. The van der Waals surface area contributed by atoms with Crippen molar-refractivity contribution in [2.24, 2.45) is 0 Å². The van der Waals surface area contributed by atoms with Crippen molar-refractivity contribution in [1.29, 1.82) is 0 Å². The molecule has 0 aliphatic carbocycles. The van der Waals surface area contributed by atoms with Crippen LogP contribution in [0.4, 0.5) is 0 Å². The molecule has 2 aromatic carbocycles. The molecular formula is C23H28N2O4S. The quantitative estimate of drug-likeness (QED) is 0.457. The first-order valence-electron chi connectivity index (χ1n) is 10.1. The lowest BCUT2D eigenvalue weighted by Crippen LogP contribution is -2.43. The molecule has 160 valence electrons. The Bertz CT molecular complexity index is 825. The van der Waals surface area contributed by atoms with Gasteiger partial charge in [0.1, 0.15) is 5.75 Å². The van der Waals surface area contributed by atoms with Crippen LogP contribution in [0, 0.1) is 0 Å². The van der Waals surface area contributed by atoms with Gasteiger partial charge in [0.15, 0.2) is 5.11 Å². The minimum atomic E-state index is -0.309. The molecule has 0 unspecified atom stereocenters. The summed E-state index contributed by atoms with van der Waals surface area (Å²) >= 11 is 5.47. The van der Waals surface area contributed by atoms with Crippen molar-refractivity contribution in [2.45, 2.75) is 33.2 Å². The van der Waals surface area contributed by atoms with Gasteiger partial charge in [0.25, 0.3) is 5.91 Å². The van der Waals surface area contributed by atoms with Gasteiger partial charge in [0, 0.05) is 18.7 Å². The van der Waals surface area contributed by atoms with Crippen LogP contribution in [0.15, 0.2) is 54.6 Å². The van der Waals surface area contributed by atoms with Crippen molar-refractivity contribution in [3.05, 3.63) is 65.7 Å². The van der Waals surface area contributed by atoms with Crippen molar-refractivity contribution in [3.63, 3.8) is 0 Å². The van der Waals surface area contributed by atoms with E-state index in [1.165, 1.54) is 0 Å². The lowest BCUT2D eigenvalue weighted by molar-refractivity contribution is -0.143. The van der Waals surface area contributed by atoms with Gasteiger partial charge < -0.3 is 14.4 Å². The molecule has 0 heterocycles. The Hall–Kier alpha value is -2.93. The van der Waals surface area contributed by atoms with E-state index in [1.54, 1.807) is 36.1 Å². The second-order valence-electron chi connectivity index (χ2n) is 6.59. The maximum atomic E-state index is 12.6. The third kappa shape index (κ3) is 7.83. The van der Waals surface area contributed by atoms with E-state index in [4.69, 9.17) is 21.7 Å². The Morgan fingerprint density at radius 3 is 2.37 bits per heavy atom. The fourth-order valence-corrected chi connectivity index (χ4v) is 2.93. The molecule has 30 heavy (non-hydrogen) atoms. The normalized spacial score (nSPS) is 10.2. The van der Waals surface area contributed by atoms with Crippen LogP contribution in [-0.2, 0) is 16.1 Å². The molecule has 0 spiro atoms. The maximum Gasteiger partial charge on any atom is 0.307 e. The first kappa shape index (κ1) is 23.3. The SMILES string of the molecule is CCCOc1ccc(C(=O)NC(=S)N(CCC(=O)OCC)Cc2ccccc2)cc1. The van der Waals surface area contributed by atoms with Crippen LogP contribution in [0.1, 0.15) is 42.6 Å². The van der Waals surface area contributed by atoms with Crippen LogP contribution in [-0.4, -0.2) is 41.6 Å². The van der Waals surface area contributed by atoms with Crippen molar-refractivity contribution in [3.8, 4) is 5.75 Å². The minimum Gasteiger partial charge on any atom is -0.494 e. The van der Waals surface area contributed by atoms with Gasteiger partial charge >= 0.3 is 5.97 Å². The average molecular weight is 429 g/mol. The molecule has 0 aliphatic heterocycles. The molecular weight excluding hydrogens is 400 g/mol. The molecule has 0 saturated carbocycles. The standard InChI is InChI=1S/C23H28N2O4S/c1-3-16-29-20-12-10-19(11-13-20)22(27)24-23(30)25(15-14-21(26)28-4-2)17-18-8-6-5-7-9-18/h5-13H,3-4,14-17H2,1-2H3,(H,24,27,30). The minimum absolute atomic E-state index is 0.181. The maximum absolute atomic E-state index is 12.6. The second-order valence-corrected chi connectivity index (χ2v) is 6.98. The topological polar surface area (TPSA) is 67.9 Å². The molecule has 2 aromatic rings. The van der Waals surface area contributed by atoms with Gasteiger partial charge in [-0.3, -0.25) is 14.9 Å². The van der Waals surface area contributed by atoms with E-state index in [2.05, 4.69) is 5.32 Å². The molecule has 0 radical (unpaired) electrons. The van der Waals surface area contributed by atoms with E-state index in [9.17, 15) is 9.59 Å². The summed E-state index contributed by atoms with van der Waals surface area (Å²) in [7, 11) is 0. The number of amides is 1. The van der Waals surface area contributed by atoms with Crippen LogP contribution >= 0.6 is 12.2 Å². The van der Waals surface area contributed by atoms with Gasteiger partial charge in [-0.1, -0.05) is 37.3 Å². The number of benzene rings is 2. The number of carbonyl (C=O) groups is 2. The number of ether oxygens (including phenoxy) is 2. The Labute approximate surface area is 183 Å². The third-order valence-corrected chi connectivity index (χ3v) is 4.56. The first-order valence-corrected chi connectivity index (χ1v) is 10.5. The van der Waals surface area contributed by atoms with Crippen molar-refractivity contribution < 1.29 is 19.1 Å². The van der Waals surface area contributed by atoms with Gasteiger partial charge in [-0.15, -0.1) is 0 Å². The Morgan fingerprint density at radius 1 is 1.03 bits per heavy atom. The molecule has 1 N–H and O–H groups in total. The fourth-order valence-electron chi connectivity index (χ4n) is 2.69. The number of hydrogen-bond donors (Lipinski definition) is 1. The van der Waals surface area contributed by atoms with E-state index < -0.39 is 0 Å². The van der Waals surface area contributed by atoms with Crippen LogP contribution in [0.25, 0.3) is 0 Å². The van der Waals surface area contributed by atoms with Gasteiger partial charge in [-0.25, -0.2) is 0 Å². The van der Waals surface area contributed by atoms with E-state index in [1.807, 2.05) is 37.3 Å². The van der Waals surface area contributed by atoms with Crippen LogP contribution < -0.4 is 10.1 Å². The van der Waals surface area contributed by atoms with Gasteiger partial charge in [0.2, 0.25) is 0 Å². The van der Waals surface area contributed by atoms with Gasteiger partial charge in [0.05, 0.1) is 19.6 Å². The summed E-state index contributed by atoms with van der Waals surface area (Å²) in [5.74, 6) is 0.111. The van der Waals surface area contributed by atoms with E-state index in [-0.39, 0.29) is 23.4 Å². The highest BCUT2D eigenvalue weighted by Crippen LogP contribution is 2.13. The highest BCUT2D eigenvalue weighted by Gasteiger charge is 2.16. The van der Waals surface area contributed by atoms with Crippen LogP contribution in [0.3, 0.4) is 0 Å². The molecule has 1 amide bonds. The highest BCUT2D eigenvalue weighted by atomic mass is 32.1. The molecule has 0 aliphatic rings. The molecule has 7 heteroatoms. The van der Waals surface area contributed by atoms with Crippen molar-refractivity contribution in [1.82, 2.24) is 10.2 Å². The number of carbonyl (C=O) groups excluding carboxylic acids is 2. The summed E-state index contributed by atoms with van der Waals surface area (Å²) in [6, 6.07) is 16.7. The van der Waals surface area contributed by atoms with E-state index in [0.717, 1.165) is 17.7 Å². The summed E-state index contributed by atoms with van der Waals surface area (Å²) in [6.07, 6.45) is 1.10. The number of nitrogens with zero attached hydrogens (tertiary/aromatic N) is 1. The number of hydrogen-bond acceptors (Lipinski definition) is 5. The summed E-state index contributed by atoms with van der Waals surface area (Å²) < 4.78 is 10.5. The Morgan fingerprint density at radius 2 is 1.73 bits per heavy atom. The molecule has 0 fully saturated rings. The predicted octanol–water partition coefficient (Wildman–Crippen LogP) is 3.95. The van der Waals surface area contributed by atoms with Crippen LogP contribution in [0.2, 0.25) is 0 Å². The summed E-state index contributed by atoms with van der Waals surface area (Å²) in [5.41, 5.74) is 1.50.